The highest BCUT2D eigenvalue weighted by Gasteiger charge is 2.58. The molecule has 1 saturated heterocycles. The topological polar surface area (TPSA) is 75.7 Å². The van der Waals surface area contributed by atoms with Crippen molar-refractivity contribution in [2.75, 3.05) is 13.1 Å². The third-order valence-corrected chi connectivity index (χ3v) is 4.82. The molecule has 122 valence electrons. The molecule has 21 heavy (non-hydrogen) atoms. The molecule has 1 aliphatic heterocycles. The minimum Gasteiger partial charge on any atom is -0.444 e. The largest absolute Gasteiger partial charge is 0.444 e. The molecule has 2 rings (SSSR count). The van der Waals surface area contributed by atoms with E-state index in [1.807, 2.05) is 4.72 Å². The molecule has 2 fully saturated rings. The van der Waals surface area contributed by atoms with Crippen LogP contribution >= 0.6 is 0 Å². The Hall–Kier alpha value is -0.960. The molecule has 0 aromatic rings. The lowest BCUT2D eigenvalue weighted by Crippen LogP contribution is -2.44. The second-order valence-electron chi connectivity index (χ2n) is 6.70. The molecule has 1 atom stereocenters. The van der Waals surface area contributed by atoms with Crippen molar-refractivity contribution in [3.63, 3.8) is 0 Å². The zero-order valence-corrected chi connectivity index (χ0v) is 13.0. The Balaban J connectivity index is 2.05. The van der Waals surface area contributed by atoms with Crippen molar-refractivity contribution in [2.24, 2.45) is 5.41 Å². The highest BCUT2D eigenvalue weighted by Crippen LogP contribution is 2.53. The van der Waals surface area contributed by atoms with Crippen LogP contribution in [0.2, 0.25) is 0 Å². The van der Waals surface area contributed by atoms with Gasteiger partial charge in [0.1, 0.15) is 5.60 Å². The molecule has 1 amide bonds. The summed E-state index contributed by atoms with van der Waals surface area (Å²) < 4.78 is 54.8. The van der Waals surface area contributed by atoms with Crippen LogP contribution < -0.4 is 4.72 Å². The lowest BCUT2D eigenvalue weighted by atomic mass is 10.0. The maximum absolute atomic E-state index is 12.5. The summed E-state index contributed by atoms with van der Waals surface area (Å²) in [5.74, 6) is -3.47. The number of alkyl halides is 2. The normalized spacial score (nSPS) is 24.7. The van der Waals surface area contributed by atoms with Gasteiger partial charge in [0.15, 0.2) is 0 Å². The van der Waals surface area contributed by atoms with Crippen molar-refractivity contribution in [1.29, 1.82) is 0 Å². The van der Waals surface area contributed by atoms with Gasteiger partial charge in [0.05, 0.1) is 0 Å². The summed E-state index contributed by atoms with van der Waals surface area (Å²) in [5.41, 5.74) is -1.08. The van der Waals surface area contributed by atoms with Crippen LogP contribution in [-0.4, -0.2) is 49.9 Å². The number of ether oxygens (including phenoxy) is 1. The lowest BCUT2D eigenvalue weighted by molar-refractivity contribution is 0.0284. The monoisotopic (exact) mass is 326 g/mol. The van der Waals surface area contributed by atoms with Crippen molar-refractivity contribution in [2.45, 2.75) is 51.0 Å². The quantitative estimate of drug-likeness (QED) is 0.853. The maximum Gasteiger partial charge on any atom is 0.410 e. The molecule has 1 saturated carbocycles. The van der Waals surface area contributed by atoms with Crippen LogP contribution in [0, 0.1) is 5.41 Å². The number of amides is 1. The first-order chi connectivity index (χ1) is 9.45. The number of rotatable bonds is 3. The van der Waals surface area contributed by atoms with Gasteiger partial charge in [-0.2, -0.15) is 8.78 Å². The molecule has 1 N–H and O–H groups in total. The van der Waals surface area contributed by atoms with Gasteiger partial charge in [-0.05, 0) is 33.6 Å². The van der Waals surface area contributed by atoms with E-state index in [4.69, 9.17) is 4.74 Å². The molecule has 6 nitrogen and oxygen atoms in total. The van der Waals surface area contributed by atoms with Crippen molar-refractivity contribution < 1.29 is 26.7 Å². The third-order valence-electron chi connectivity index (χ3n) is 3.73. The number of nitrogens with zero attached hydrogens (tertiary/aromatic N) is 1. The van der Waals surface area contributed by atoms with E-state index in [9.17, 15) is 22.0 Å². The second-order valence-corrected chi connectivity index (χ2v) is 8.38. The number of halogens is 2. The fraction of sp³-hybridized carbons (Fsp3) is 0.917. The Morgan fingerprint density at radius 3 is 2.38 bits per heavy atom. The summed E-state index contributed by atoms with van der Waals surface area (Å²) in [4.78, 5) is 13.4. The first-order valence-corrected chi connectivity index (χ1v) is 8.27. The van der Waals surface area contributed by atoms with Crippen LogP contribution in [0.1, 0.15) is 33.6 Å². The molecular weight excluding hydrogens is 306 g/mol. The van der Waals surface area contributed by atoms with Crippen LogP contribution in [-0.2, 0) is 14.8 Å². The van der Waals surface area contributed by atoms with E-state index in [-0.39, 0.29) is 6.54 Å². The predicted molar refractivity (Wildman–Crippen MR) is 71.3 cm³/mol. The van der Waals surface area contributed by atoms with Gasteiger partial charge in [0.2, 0.25) is 0 Å². The molecule has 1 heterocycles. The first kappa shape index (κ1) is 16.4. The van der Waals surface area contributed by atoms with Crippen LogP contribution in [0.4, 0.5) is 13.6 Å². The molecule has 1 spiro atoms. The van der Waals surface area contributed by atoms with E-state index in [0.29, 0.717) is 19.4 Å². The SMILES string of the molecule is CC(C)(C)OC(=O)N1CC(NS(=O)(=O)C(F)F)C2(CC2)C1. The number of hydrogen-bond acceptors (Lipinski definition) is 4. The van der Waals surface area contributed by atoms with Crippen molar-refractivity contribution >= 4 is 16.1 Å². The van der Waals surface area contributed by atoms with Crippen molar-refractivity contribution in [3.8, 4) is 0 Å². The molecule has 1 unspecified atom stereocenters. The van der Waals surface area contributed by atoms with Gasteiger partial charge in [-0.15, -0.1) is 0 Å². The van der Waals surface area contributed by atoms with Crippen molar-refractivity contribution in [3.05, 3.63) is 0 Å². The number of likely N-dealkylation sites (tertiary alicyclic amines) is 1. The Labute approximate surface area is 122 Å². The molecule has 2 aliphatic rings. The number of carbonyl (C=O) groups is 1. The zero-order chi connectivity index (χ0) is 16.1. The highest BCUT2D eigenvalue weighted by atomic mass is 32.2. The average molecular weight is 326 g/mol. The Kier molecular flexibility index (Phi) is 3.94. The molecular formula is C12H20F2N2O4S. The van der Waals surface area contributed by atoms with E-state index in [0.717, 1.165) is 0 Å². The summed E-state index contributed by atoms with van der Waals surface area (Å²) in [7, 11) is -4.66. The van der Waals surface area contributed by atoms with Gasteiger partial charge in [0.25, 0.3) is 10.0 Å². The Bertz CT molecular complexity index is 526. The summed E-state index contributed by atoms with van der Waals surface area (Å²) in [6.45, 7) is 5.57. The summed E-state index contributed by atoms with van der Waals surface area (Å²) in [5, 5.41) is 0. The molecule has 9 heteroatoms. The number of hydrogen-bond donors (Lipinski definition) is 1. The van der Waals surface area contributed by atoms with Gasteiger partial charge >= 0.3 is 11.9 Å². The minimum absolute atomic E-state index is 0.0564. The average Bonchev–Trinajstić information content (AvgIpc) is 2.96. The molecule has 0 aromatic carbocycles. The standard InChI is InChI=1S/C12H20F2N2O4S/c1-11(2,3)20-10(17)16-6-8(12(7-16)4-5-12)15-21(18,19)9(13)14/h8-9,15H,4-7H2,1-3H3. The fourth-order valence-electron chi connectivity index (χ4n) is 2.51. The highest BCUT2D eigenvalue weighted by molar-refractivity contribution is 7.89. The molecule has 1 aliphatic carbocycles. The van der Waals surface area contributed by atoms with Gasteiger partial charge in [-0.1, -0.05) is 0 Å². The number of carbonyl (C=O) groups excluding carboxylic acids is 1. The zero-order valence-electron chi connectivity index (χ0n) is 12.2. The third kappa shape index (κ3) is 3.63. The van der Waals surface area contributed by atoms with Gasteiger partial charge in [-0.3, -0.25) is 0 Å². The van der Waals surface area contributed by atoms with Crippen molar-refractivity contribution in [1.82, 2.24) is 9.62 Å². The summed E-state index contributed by atoms with van der Waals surface area (Å²) in [6, 6.07) is -0.677. The summed E-state index contributed by atoms with van der Waals surface area (Å²) >= 11 is 0. The van der Waals surface area contributed by atoms with E-state index in [1.165, 1.54) is 4.90 Å². The Morgan fingerprint density at radius 2 is 1.95 bits per heavy atom. The van der Waals surface area contributed by atoms with E-state index in [1.54, 1.807) is 20.8 Å². The summed E-state index contributed by atoms with van der Waals surface area (Å²) in [6.07, 6.45) is 0.873. The van der Waals surface area contributed by atoms with E-state index >= 15 is 0 Å². The maximum atomic E-state index is 12.5. The van der Waals surface area contributed by atoms with E-state index in [2.05, 4.69) is 0 Å². The Morgan fingerprint density at radius 1 is 1.38 bits per heavy atom. The minimum atomic E-state index is -4.66. The molecule has 0 bridgehead atoms. The van der Waals surface area contributed by atoms with Crippen LogP contribution in [0.15, 0.2) is 0 Å². The molecule has 0 radical (unpaired) electrons. The second kappa shape index (κ2) is 5.05. The van der Waals surface area contributed by atoms with Crippen LogP contribution in [0.25, 0.3) is 0 Å². The van der Waals surface area contributed by atoms with E-state index < -0.39 is 38.9 Å². The first-order valence-electron chi connectivity index (χ1n) is 6.72. The predicted octanol–water partition coefficient (Wildman–Crippen LogP) is 1.53. The number of nitrogens with one attached hydrogen (secondary N) is 1. The van der Waals surface area contributed by atoms with Crippen LogP contribution in [0.5, 0.6) is 0 Å². The van der Waals surface area contributed by atoms with Gasteiger partial charge in [-0.25, -0.2) is 17.9 Å². The lowest BCUT2D eigenvalue weighted by Gasteiger charge is -2.24. The van der Waals surface area contributed by atoms with Gasteiger partial charge < -0.3 is 9.64 Å². The molecule has 0 aromatic heterocycles. The smallest absolute Gasteiger partial charge is 0.410 e. The van der Waals surface area contributed by atoms with Gasteiger partial charge in [0, 0.05) is 24.5 Å². The number of sulfonamides is 1. The fourth-order valence-corrected chi connectivity index (χ4v) is 3.34. The van der Waals surface area contributed by atoms with Crippen LogP contribution in [0.3, 0.4) is 0 Å².